The number of hydrogen-bond acceptors (Lipinski definition) is 3. The lowest BCUT2D eigenvalue weighted by molar-refractivity contribution is 0.648. The summed E-state index contributed by atoms with van der Waals surface area (Å²) in [7, 11) is 0. The molecule has 0 aliphatic carbocycles. The average Bonchev–Trinajstić information content (AvgIpc) is 2.98. The van der Waals surface area contributed by atoms with E-state index in [1.165, 1.54) is 16.7 Å². The lowest BCUT2D eigenvalue weighted by Gasteiger charge is -2.04. The molecule has 4 heteroatoms. The first-order chi connectivity index (χ1) is 10.2. The van der Waals surface area contributed by atoms with Gasteiger partial charge in [0.2, 0.25) is 0 Å². The fourth-order valence-electron chi connectivity index (χ4n) is 2.22. The number of hydrogen-bond donors (Lipinski definition) is 1. The van der Waals surface area contributed by atoms with Crippen molar-refractivity contribution in [3.63, 3.8) is 0 Å². The zero-order valence-corrected chi connectivity index (χ0v) is 12.0. The molecule has 0 aliphatic heterocycles. The third-order valence-corrected chi connectivity index (χ3v) is 3.43. The third-order valence-electron chi connectivity index (χ3n) is 3.43. The topological polar surface area (TPSA) is 56.7 Å². The number of benzene rings is 2. The van der Waals surface area contributed by atoms with Crippen LogP contribution in [0, 0.1) is 0 Å². The fourth-order valence-corrected chi connectivity index (χ4v) is 2.22. The Bertz CT molecular complexity index is 699. The standard InChI is InChI=1S/C17H18N4/c1-13(18)17-12-21(20-19-17)11-14-7-9-16(10-8-14)15-5-3-2-4-6-15/h2-10,12-13H,11,18H2,1H3. The second kappa shape index (κ2) is 5.89. The summed E-state index contributed by atoms with van der Waals surface area (Å²) in [6, 6.07) is 18.8. The van der Waals surface area contributed by atoms with E-state index in [-0.39, 0.29) is 6.04 Å². The first-order valence-electron chi connectivity index (χ1n) is 7.02. The van der Waals surface area contributed by atoms with Gasteiger partial charge < -0.3 is 5.73 Å². The van der Waals surface area contributed by atoms with Crippen molar-refractivity contribution in [1.29, 1.82) is 0 Å². The van der Waals surface area contributed by atoms with Gasteiger partial charge in [0, 0.05) is 6.04 Å². The van der Waals surface area contributed by atoms with Crippen LogP contribution < -0.4 is 5.73 Å². The molecule has 0 saturated carbocycles. The molecule has 2 aromatic carbocycles. The minimum absolute atomic E-state index is 0.0841. The van der Waals surface area contributed by atoms with Gasteiger partial charge in [0.05, 0.1) is 18.4 Å². The Morgan fingerprint density at radius 2 is 1.67 bits per heavy atom. The van der Waals surface area contributed by atoms with E-state index in [0.717, 1.165) is 5.69 Å². The van der Waals surface area contributed by atoms with Crippen LogP contribution in [0.25, 0.3) is 11.1 Å². The Labute approximate surface area is 124 Å². The van der Waals surface area contributed by atoms with Gasteiger partial charge in [-0.1, -0.05) is 59.8 Å². The van der Waals surface area contributed by atoms with Crippen molar-refractivity contribution in [3.05, 3.63) is 72.1 Å². The van der Waals surface area contributed by atoms with Crippen molar-refractivity contribution in [3.8, 4) is 11.1 Å². The van der Waals surface area contributed by atoms with Crippen LogP contribution in [0.4, 0.5) is 0 Å². The van der Waals surface area contributed by atoms with Gasteiger partial charge >= 0.3 is 0 Å². The zero-order valence-electron chi connectivity index (χ0n) is 12.0. The number of aromatic nitrogens is 3. The second-order valence-electron chi connectivity index (χ2n) is 5.19. The normalized spacial score (nSPS) is 12.3. The highest BCUT2D eigenvalue weighted by Crippen LogP contribution is 2.19. The van der Waals surface area contributed by atoms with E-state index < -0.39 is 0 Å². The van der Waals surface area contributed by atoms with Crippen LogP contribution >= 0.6 is 0 Å². The Kier molecular flexibility index (Phi) is 3.79. The van der Waals surface area contributed by atoms with Gasteiger partial charge in [-0.15, -0.1) is 5.10 Å². The summed E-state index contributed by atoms with van der Waals surface area (Å²) in [4.78, 5) is 0. The highest BCUT2D eigenvalue weighted by atomic mass is 15.4. The molecule has 0 fully saturated rings. The van der Waals surface area contributed by atoms with Gasteiger partial charge in [-0.05, 0) is 23.6 Å². The molecule has 0 spiro atoms. The van der Waals surface area contributed by atoms with Gasteiger partial charge in [-0.3, -0.25) is 0 Å². The molecule has 1 aromatic heterocycles. The molecule has 0 radical (unpaired) electrons. The number of nitrogens with zero attached hydrogens (tertiary/aromatic N) is 3. The van der Waals surface area contributed by atoms with Crippen LogP contribution in [0.15, 0.2) is 60.8 Å². The first kappa shape index (κ1) is 13.5. The first-order valence-corrected chi connectivity index (χ1v) is 7.02. The minimum Gasteiger partial charge on any atom is -0.323 e. The molecular formula is C17H18N4. The molecule has 1 atom stereocenters. The molecule has 106 valence electrons. The molecular weight excluding hydrogens is 260 g/mol. The minimum atomic E-state index is -0.0841. The van der Waals surface area contributed by atoms with Crippen LogP contribution in [-0.4, -0.2) is 15.0 Å². The summed E-state index contributed by atoms with van der Waals surface area (Å²) in [6.07, 6.45) is 1.90. The van der Waals surface area contributed by atoms with Crippen LogP contribution in [0.3, 0.4) is 0 Å². The van der Waals surface area contributed by atoms with Crippen molar-refractivity contribution in [2.75, 3.05) is 0 Å². The molecule has 0 aliphatic rings. The molecule has 0 bridgehead atoms. The zero-order chi connectivity index (χ0) is 14.7. The third kappa shape index (κ3) is 3.17. The van der Waals surface area contributed by atoms with Crippen LogP contribution in [0.1, 0.15) is 24.2 Å². The predicted octanol–water partition coefficient (Wildman–Crippen LogP) is 3.01. The molecule has 3 aromatic rings. The SMILES string of the molecule is CC(N)c1cn(Cc2ccc(-c3ccccc3)cc2)nn1. The van der Waals surface area contributed by atoms with E-state index in [1.54, 1.807) is 0 Å². The highest BCUT2D eigenvalue weighted by molar-refractivity contribution is 5.63. The van der Waals surface area contributed by atoms with Gasteiger partial charge in [0.15, 0.2) is 0 Å². The predicted molar refractivity (Wildman–Crippen MR) is 83.6 cm³/mol. The van der Waals surface area contributed by atoms with Crippen molar-refractivity contribution in [2.45, 2.75) is 19.5 Å². The summed E-state index contributed by atoms with van der Waals surface area (Å²) in [5, 5.41) is 8.16. The van der Waals surface area contributed by atoms with Crippen LogP contribution in [0.2, 0.25) is 0 Å². The average molecular weight is 278 g/mol. The molecule has 4 nitrogen and oxygen atoms in total. The van der Waals surface area contributed by atoms with Crippen molar-refractivity contribution < 1.29 is 0 Å². The Morgan fingerprint density at radius 3 is 2.29 bits per heavy atom. The smallest absolute Gasteiger partial charge is 0.0991 e. The fraction of sp³-hybridized carbons (Fsp3) is 0.176. The highest BCUT2D eigenvalue weighted by Gasteiger charge is 2.05. The maximum Gasteiger partial charge on any atom is 0.0991 e. The number of nitrogens with two attached hydrogens (primary N) is 1. The molecule has 1 unspecified atom stereocenters. The Balaban J connectivity index is 1.75. The van der Waals surface area contributed by atoms with E-state index in [0.29, 0.717) is 6.54 Å². The van der Waals surface area contributed by atoms with Crippen LogP contribution in [0.5, 0.6) is 0 Å². The monoisotopic (exact) mass is 278 g/mol. The van der Waals surface area contributed by atoms with E-state index in [1.807, 2.05) is 36.0 Å². The molecule has 3 rings (SSSR count). The maximum atomic E-state index is 5.79. The number of rotatable bonds is 4. The van der Waals surface area contributed by atoms with Gasteiger partial charge in [0.1, 0.15) is 0 Å². The molecule has 0 saturated heterocycles. The summed E-state index contributed by atoms with van der Waals surface area (Å²) in [5.41, 5.74) is 10.2. The molecule has 21 heavy (non-hydrogen) atoms. The van der Waals surface area contributed by atoms with Gasteiger partial charge in [-0.25, -0.2) is 4.68 Å². The van der Waals surface area contributed by atoms with Crippen molar-refractivity contribution in [2.24, 2.45) is 5.73 Å². The van der Waals surface area contributed by atoms with E-state index in [9.17, 15) is 0 Å². The van der Waals surface area contributed by atoms with Crippen molar-refractivity contribution in [1.82, 2.24) is 15.0 Å². The summed E-state index contributed by atoms with van der Waals surface area (Å²) in [5.74, 6) is 0. The lowest BCUT2D eigenvalue weighted by atomic mass is 10.0. The van der Waals surface area contributed by atoms with Gasteiger partial charge in [-0.2, -0.15) is 0 Å². The second-order valence-corrected chi connectivity index (χ2v) is 5.19. The maximum absolute atomic E-state index is 5.79. The Morgan fingerprint density at radius 1 is 1.00 bits per heavy atom. The Hall–Kier alpha value is -2.46. The van der Waals surface area contributed by atoms with E-state index in [4.69, 9.17) is 5.73 Å². The molecule has 2 N–H and O–H groups in total. The largest absolute Gasteiger partial charge is 0.323 e. The summed E-state index contributed by atoms with van der Waals surface area (Å²) >= 11 is 0. The van der Waals surface area contributed by atoms with E-state index in [2.05, 4.69) is 46.7 Å². The quantitative estimate of drug-likeness (QED) is 0.798. The van der Waals surface area contributed by atoms with E-state index >= 15 is 0 Å². The van der Waals surface area contributed by atoms with Crippen LogP contribution in [-0.2, 0) is 6.54 Å². The summed E-state index contributed by atoms with van der Waals surface area (Å²) < 4.78 is 1.82. The van der Waals surface area contributed by atoms with Gasteiger partial charge in [0.25, 0.3) is 0 Å². The van der Waals surface area contributed by atoms with Crippen molar-refractivity contribution >= 4 is 0 Å². The summed E-state index contributed by atoms with van der Waals surface area (Å²) in [6.45, 7) is 2.61. The lowest BCUT2D eigenvalue weighted by Crippen LogP contribution is -2.05. The molecule has 0 amide bonds. The molecule has 1 heterocycles.